The van der Waals surface area contributed by atoms with Gasteiger partial charge < -0.3 is 24.9 Å². The van der Waals surface area contributed by atoms with Crippen LogP contribution in [-0.2, 0) is 0 Å². The number of methoxy groups -OCH3 is 2. The van der Waals surface area contributed by atoms with Gasteiger partial charge in [-0.3, -0.25) is 4.79 Å². The molecule has 1 heterocycles. The number of amides is 1. The first-order chi connectivity index (χ1) is 12.1. The van der Waals surface area contributed by atoms with Crippen molar-refractivity contribution < 1.29 is 18.7 Å². The molecule has 0 spiro atoms. The van der Waals surface area contributed by atoms with E-state index < -0.39 is 5.91 Å². The number of benzene rings is 2. The van der Waals surface area contributed by atoms with Gasteiger partial charge in [-0.15, -0.1) is 0 Å². The first-order valence-corrected chi connectivity index (χ1v) is 7.47. The zero-order chi connectivity index (χ0) is 17.8. The van der Waals surface area contributed by atoms with Gasteiger partial charge >= 0.3 is 0 Å². The minimum atomic E-state index is -0.673. The highest BCUT2D eigenvalue weighted by Gasteiger charge is 2.19. The second kappa shape index (κ2) is 6.96. The number of aromatic nitrogens is 1. The largest absolute Gasteiger partial charge is 0.497 e. The fraction of sp³-hybridized carbons (Fsp3) is 0.111. The Morgan fingerprint density at radius 3 is 2.44 bits per heavy atom. The third kappa shape index (κ3) is 3.55. The lowest BCUT2D eigenvalue weighted by Crippen LogP contribution is -2.12. The minimum absolute atomic E-state index is 0.0514. The number of anilines is 2. The molecule has 0 unspecified atom stereocenters. The van der Waals surface area contributed by atoms with Crippen LogP contribution in [0.15, 0.2) is 52.9 Å². The summed E-state index contributed by atoms with van der Waals surface area (Å²) in [7, 11) is 3.16. The van der Waals surface area contributed by atoms with Gasteiger partial charge in [-0.2, -0.15) is 4.98 Å². The maximum Gasteiger partial charge on any atom is 0.300 e. The summed E-state index contributed by atoms with van der Waals surface area (Å²) >= 11 is 0. The van der Waals surface area contributed by atoms with Crippen molar-refractivity contribution in [1.29, 1.82) is 0 Å². The highest BCUT2D eigenvalue weighted by molar-refractivity contribution is 5.97. The molecule has 0 radical (unpaired) electrons. The van der Waals surface area contributed by atoms with Gasteiger partial charge in [0.15, 0.2) is 11.5 Å². The molecule has 0 saturated carbocycles. The van der Waals surface area contributed by atoms with E-state index >= 15 is 0 Å². The Kier molecular flexibility index (Phi) is 4.56. The second-order valence-corrected chi connectivity index (χ2v) is 5.15. The van der Waals surface area contributed by atoms with Crippen LogP contribution in [0.4, 0.5) is 11.7 Å². The molecule has 3 rings (SSSR count). The maximum atomic E-state index is 11.7. The maximum absolute atomic E-state index is 11.7. The Morgan fingerprint density at radius 1 is 1.08 bits per heavy atom. The molecule has 0 saturated heterocycles. The summed E-state index contributed by atoms with van der Waals surface area (Å²) in [5.74, 6) is 0.995. The van der Waals surface area contributed by atoms with Gasteiger partial charge in [-0.1, -0.05) is 6.07 Å². The summed E-state index contributed by atoms with van der Waals surface area (Å²) in [5, 5.41) is 3.00. The zero-order valence-electron chi connectivity index (χ0n) is 13.8. The number of nitrogens with zero attached hydrogens (tertiary/aromatic N) is 1. The van der Waals surface area contributed by atoms with Gasteiger partial charge in [-0.05, 0) is 36.4 Å². The van der Waals surface area contributed by atoms with E-state index in [-0.39, 0.29) is 11.7 Å². The van der Waals surface area contributed by atoms with Crippen LogP contribution in [-0.4, -0.2) is 25.1 Å². The summed E-state index contributed by atoms with van der Waals surface area (Å²) in [6.07, 6.45) is 0. The number of carbonyl (C=O) groups is 1. The van der Waals surface area contributed by atoms with Crippen molar-refractivity contribution in [2.24, 2.45) is 5.73 Å². The topological polar surface area (TPSA) is 99.6 Å². The molecule has 1 amide bonds. The number of hydrogen-bond donors (Lipinski definition) is 2. The third-order valence-corrected chi connectivity index (χ3v) is 3.53. The van der Waals surface area contributed by atoms with Crippen LogP contribution in [0.5, 0.6) is 11.5 Å². The normalized spacial score (nSPS) is 10.3. The quantitative estimate of drug-likeness (QED) is 0.715. The van der Waals surface area contributed by atoms with E-state index in [9.17, 15) is 4.79 Å². The van der Waals surface area contributed by atoms with Crippen LogP contribution in [0, 0.1) is 0 Å². The molecule has 25 heavy (non-hydrogen) atoms. The summed E-state index contributed by atoms with van der Waals surface area (Å²) in [4.78, 5) is 15.9. The first-order valence-electron chi connectivity index (χ1n) is 7.47. The van der Waals surface area contributed by atoms with Gasteiger partial charge in [0.05, 0.1) is 14.2 Å². The van der Waals surface area contributed by atoms with Crippen molar-refractivity contribution in [3.63, 3.8) is 0 Å². The fourth-order valence-corrected chi connectivity index (χ4v) is 2.30. The Morgan fingerprint density at radius 2 is 1.80 bits per heavy atom. The molecule has 7 heteroatoms. The van der Waals surface area contributed by atoms with Crippen molar-refractivity contribution in [1.82, 2.24) is 4.98 Å². The van der Waals surface area contributed by atoms with Crippen LogP contribution in [0.25, 0.3) is 11.3 Å². The third-order valence-electron chi connectivity index (χ3n) is 3.53. The summed E-state index contributed by atoms with van der Waals surface area (Å²) in [5.41, 5.74) is 6.85. The van der Waals surface area contributed by atoms with Gasteiger partial charge in [0, 0.05) is 17.3 Å². The summed E-state index contributed by atoms with van der Waals surface area (Å²) < 4.78 is 16.0. The van der Waals surface area contributed by atoms with E-state index in [1.54, 1.807) is 44.6 Å². The molecule has 2 aromatic carbocycles. The number of rotatable bonds is 6. The number of oxazole rings is 1. The highest BCUT2D eigenvalue weighted by Crippen LogP contribution is 2.30. The van der Waals surface area contributed by atoms with E-state index in [0.29, 0.717) is 28.5 Å². The number of primary amides is 1. The lowest BCUT2D eigenvalue weighted by Gasteiger charge is -2.04. The van der Waals surface area contributed by atoms with Gasteiger partial charge in [0.25, 0.3) is 11.9 Å². The predicted molar refractivity (Wildman–Crippen MR) is 93.3 cm³/mol. The van der Waals surface area contributed by atoms with Gasteiger partial charge in [0.2, 0.25) is 0 Å². The van der Waals surface area contributed by atoms with Crippen LogP contribution in [0.3, 0.4) is 0 Å². The highest BCUT2D eigenvalue weighted by atomic mass is 16.5. The Labute approximate surface area is 144 Å². The smallest absolute Gasteiger partial charge is 0.300 e. The van der Waals surface area contributed by atoms with Crippen LogP contribution in [0.2, 0.25) is 0 Å². The average molecular weight is 339 g/mol. The van der Waals surface area contributed by atoms with E-state index in [1.807, 2.05) is 18.2 Å². The summed E-state index contributed by atoms with van der Waals surface area (Å²) in [6, 6.07) is 14.5. The molecule has 3 aromatic rings. The first kappa shape index (κ1) is 16.4. The van der Waals surface area contributed by atoms with E-state index in [4.69, 9.17) is 19.6 Å². The van der Waals surface area contributed by atoms with Crippen LogP contribution in [0.1, 0.15) is 10.5 Å². The lowest BCUT2D eigenvalue weighted by atomic mass is 10.1. The van der Waals surface area contributed by atoms with E-state index in [0.717, 1.165) is 0 Å². The molecular formula is C18H17N3O4. The second-order valence-electron chi connectivity index (χ2n) is 5.15. The molecular weight excluding hydrogens is 322 g/mol. The Balaban J connectivity index is 1.94. The molecule has 0 aliphatic heterocycles. The van der Waals surface area contributed by atoms with E-state index in [2.05, 4.69) is 10.3 Å². The number of hydrogen-bond acceptors (Lipinski definition) is 6. The molecule has 0 aliphatic carbocycles. The number of nitrogens with two attached hydrogens (primary N) is 1. The monoisotopic (exact) mass is 339 g/mol. The van der Waals surface area contributed by atoms with Crippen LogP contribution < -0.4 is 20.5 Å². The zero-order valence-corrected chi connectivity index (χ0v) is 13.8. The van der Waals surface area contributed by atoms with Crippen molar-refractivity contribution >= 4 is 17.6 Å². The SMILES string of the molecule is COc1ccc(-c2oc(Nc3cccc(OC)c3)nc2C(N)=O)cc1. The van der Waals surface area contributed by atoms with Crippen molar-refractivity contribution in [3.8, 4) is 22.8 Å². The molecule has 0 atom stereocenters. The molecule has 7 nitrogen and oxygen atoms in total. The van der Waals surface area contributed by atoms with Crippen LogP contribution >= 0.6 is 0 Å². The minimum Gasteiger partial charge on any atom is -0.497 e. The fourth-order valence-electron chi connectivity index (χ4n) is 2.30. The number of ether oxygens (including phenoxy) is 2. The van der Waals surface area contributed by atoms with Crippen molar-refractivity contribution in [2.75, 3.05) is 19.5 Å². The Hall–Kier alpha value is -3.48. The number of carbonyl (C=O) groups excluding carboxylic acids is 1. The Bertz CT molecular complexity index is 888. The van der Waals surface area contributed by atoms with Crippen molar-refractivity contribution in [3.05, 3.63) is 54.2 Å². The molecule has 128 valence electrons. The molecule has 0 bridgehead atoms. The lowest BCUT2D eigenvalue weighted by molar-refractivity contribution is 0.0996. The molecule has 0 fully saturated rings. The molecule has 3 N–H and O–H groups in total. The van der Waals surface area contributed by atoms with E-state index in [1.165, 1.54) is 0 Å². The number of nitrogens with one attached hydrogen (secondary N) is 1. The summed E-state index contributed by atoms with van der Waals surface area (Å²) in [6.45, 7) is 0. The van der Waals surface area contributed by atoms with Crippen molar-refractivity contribution in [2.45, 2.75) is 0 Å². The van der Waals surface area contributed by atoms with Gasteiger partial charge in [-0.25, -0.2) is 0 Å². The average Bonchev–Trinajstić information content (AvgIpc) is 3.06. The van der Waals surface area contributed by atoms with Gasteiger partial charge in [0.1, 0.15) is 11.5 Å². The molecule has 1 aromatic heterocycles. The molecule has 0 aliphatic rings. The predicted octanol–water partition coefficient (Wildman–Crippen LogP) is 3.20. The standard InChI is InChI=1S/C18H17N3O4/c1-23-13-8-6-11(7-9-13)16-15(17(19)22)21-18(25-16)20-12-4-3-5-14(10-12)24-2/h3-10H,1-2H3,(H2,19,22)(H,20,21).